The number of hydrogen-bond donors (Lipinski definition) is 1. The molecule has 1 amide bonds. The van der Waals surface area contributed by atoms with Crippen molar-refractivity contribution in [1.29, 1.82) is 0 Å². The SMILES string of the molecule is O=C(Cc1ccc2c(c1)CCC2)Nc1ccc(OC(F)F)c(Cl)c1. The molecule has 0 spiro atoms. The number of carbonyl (C=O) groups is 1. The molecule has 0 heterocycles. The van der Waals surface area contributed by atoms with E-state index in [1.807, 2.05) is 6.07 Å². The molecule has 126 valence electrons. The Morgan fingerprint density at radius 1 is 1.17 bits per heavy atom. The minimum atomic E-state index is -2.94. The monoisotopic (exact) mass is 351 g/mol. The van der Waals surface area contributed by atoms with Crippen LogP contribution in [0.5, 0.6) is 5.75 Å². The van der Waals surface area contributed by atoms with E-state index in [2.05, 4.69) is 22.2 Å². The molecule has 0 bridgehead atoms. The number of nitrogens with one attached hydrogen (secondary N) is 1. The standard InChI is InChI=1S/C18H16ClF2NO2/c19-15-10-14(6-7-16(15)24-18(20)21)22-17(23)9-11-4-5-12-2-1-3-13(12)8-11/h4-8,10,18H,1-3,9H2,(H,22,23). The van der Waals surface area contributed by atoms with Crippen LogP contribution in [0, 0.1) is 0 Å². The lowest BCUT2D eigenvalue weighted by Gasteiger charge is -2.10. The molecule has 0 saturated carbocycles. The number of benzene rings is 2. The normalized spacial score (nSPS) is 13.0. The maximum absolute atomic E-state index is 12.2. The van der Waals surface area contributed by atoms with Crippen molar-refractivity contribution in [3.05, 3.63) is 58.1 Å². The minimum absolute atomic E-state index is 0.0191. The summed E-state index contributed by atoms with van der Waals surface area (Å²) in [6.07, 6.45) is 3.58. The van der Waals surface area contributed by atoms with Crippen LogP contribution in [0.2, 0.25) is 5.02 Å². The van der Waals surface area contributed by atoms with E-state index in [1.54, 1.807) is 0 Å². The highest BCUT2D eigenvalue weighted by molar-refractivity contribution is 6.32. The van der Waals surface area contributed by atoms with E-state index < -0.39 is 6.61 Å². The van der Waals surface area contributed by atoms with Gasteiger partial charge in [0.1, 0.15) is 5.75 Å². The van der Waals surface area contributed by atoms with Gasteiger partial charge in [-0.25, -0.2) is 0 Å². The van der Waals surface area contributed by atoms with Crippen molar-refractivity contribution in [2.24, 2.45) is 0 Å². The molecule has 2 aromatic carbocycles. The molecule has 0 radical (unpaired) electrons. The number of fused-ring (bicyclic) bond motifs is 1. The van der Waals surface area contributed by atoms with E-state index in [9.17, 15) is 13.6 Å². The van der Waals surface area contributed by atoms with Crippen LogP contribution >= 0.6 is 11.6 Å². The molecule has 6 heteroatoms. The summed E-state index contributed by atoms with van der Waals surface area (Å²) in [5.74, 6) is -0.310. The average Bonchev–Trinajstić information content (AvgIpc) is 2.97. The van der Waals surface area contributed by atoms with Gasteiger partial charge in [0.2, 0.25) is 5.91 Å². The Hall–Kier alpha value is -2.14. The van der Waals surface area contributed by atoms with Crippen molar-refractivity contribution in [3.8, 4) is 5.75 Å². The van der Waals surface area contributed by atoms with Gasteiger partial charge in [-0.15, -0.1) is 0 Å². The fourth-order valence-electron chi connectivity index (χ4n) is 2.90. The summed E-state index contributed by atoms with van der Waals surface area (Å²) in [5.41, 5.74) is 4.07. The molecule has 1 aliphatic rings. The van der Waals surface area contributed by atoms with Gasteiger partial charge in [-0.1, -0.05) is 29.8 Å². The third-order valence-corrected chi connectivity index (χ3v) is 4.25. The highest BCUT2D eigenvalue weighted by Crippen LogP contribution is 2.29. The predicted molar refractivity (Wildman–Crippen MR) is 88.9 cm³/mol. The van der Waals surface area contributed by atoms with Gasteiger partial charge in [-0.2, -0.15) is 8.78 Å². The molecule has 0 aliphatic heterocycles. The van der Waals surface area contributed by atoms with Crippen LogP contribution in [0.15, 0.2) is 36.4 Å². The van der Waals surface area contributed by atoms with Crippen LogP contribution in [0.25, 0.3) is 0 Å². The quantitative estimate of drug-likeness (QED) is 0.854. The lowest BCUT2D eigenvalue weighted by Crippen LogP contribution is -2.14. The number of anilines is 1. The molecule has 3 nitrogen and oxygen atoms in total. The topological polar surface area (TPSA) is 38.3 Å². The molecule has 0 unspecified atom stereocenters. The maximum atomic E-state index is 12.2. The number of aryl methyl sites for hydroxylation is 2. The zero-order chi connectivity index (χ0) is 17.1. The predicted octanol–water partition coefficient (Wildman–Crippen LogP) is 4.61. The van der Waals surface area contributed by atoms with E-state index in [1.165, 1.54) is 29.3 Å². The molecule has 0 aromatic heterocycles. The smallest absolute Gasteiger partial charge is 0.387 e. The van der Waals surface area contributed by atoms with E-state index in [0.29, 0.717) is 5.69 Å². The van der Waals surface area contributed by atoms with Crippen molar-refractivity contribution >= 4 is 23.2 Å². The second-order valence-electron chi connectivity index (χ2n) is 5.71. The summed E-state index contributed by atoms with van der Waals surface area (Å²) < 4.78 is 28.7. The first-order valence-corrected chi connectivity index (χ1v) is 8.04. The molecule has 0 saturated heterocycles. The Morgan fingerprint density at radius 3 is 2.71 bits per heavy atom. The Balaban J connectivity index is 1.63. The lowest BCUT2D eigenvalue weighted by molar-refractivity contribution is -0.115. The van der Waals surface area contributed by atoms with E-state index >= 15 is 0 Å². The van der Waals surface area contributed by atoms with Crippen LogP contribution in [0.1, 0.15) is 23.1 Å². The molecule has 1 N–H and O–H groups in total. The summed E-state index contributed by atoms with van der Waals surface area (Å²) in [4.78, 5) is 12.2. The third kappa shape index (κ3) is 4.03. The number of carbonyl (C=O) groups excluding carboxylic acids is 1. The van der Waals surface area contributed by atoms with Crippen LogP contribution in [-0.4, -0.2) is 12.5 Å². The second-order valence-corrected chi connectivity index (χ2v) is 6.11. The number of ether oxygens (including phenoxy) is 1. The van der Waals surface area contributed by atoms with Gasteiger partial charge in [-0.3, -0.25) is 4.79 Å². The summed E-state index contributed by atoms with van der Waals surface area (Å²) in [7, 11) is 0. The summed E-state index contributed by atoms with van der Waals surface area (Å²) in [6, 6.07) is 10.3. The molecule has 24 heavy (non-hydrogen) atoms. The lowest BCUT2D eigenvalue weighted by atomic mass is 10.0. The third-order valence-electron chi connectivity index (χ3n) is 3.96. The van der Waals surface area contributed by atoms with Gasteiger partial charge >= 0.3 is 6.61 Å². The highest BCUT2D eigenvalue weighted by Gasteiger charge is 2.13. The molecular weight excluding hydrogens is 336 g/mol. The average molecular weight is 352 g/mol. The zero-order valence-corrected chi connectivity index (χ0v) is 13.6. The maximum Gasteiger partial charge on any atom is 0.387 e. The largest absolute Gasteiger partial charge is 0.433 e. The molecule has 2 aromatic rings. The first-order chi connectivity index (χ1) is 11.5. The van der Waals surface area contributed by atoms with Crippen molar-refractivity contribution in [2.45, 2.75) is 32.3 Å². The number of alkyl halides is 2. The van der Waals surface area contributed by atoms with Crippen LogP contribution in [0.3, 0.4) is 0 Å². The second kappa shape index (κ2) is 7.18. The summed E-state index contributed by atoms with van der Waals surface area (Å²) in [5, 5.41) is 2.73. The van der Waals surface area contributed by atoms with Gasteiger partial charge in [-0.05, 0) is 54.2 Å². The molecule has 0 fully saturated rings. The Labute approximate surface area is 143 Å². The van der Waals surface area contributed by atoms with E-state index in [0.717, 1.165) is 24.8 Å². The van der Waals surface area contributed by atoms with Crippen molar-refractivity contribution in [2.75, 3.05) is 5.32 Å². The zero-order valence-electron chi connectivity index (χ0n) is 12.8. The van der Waals surface area contributed by atoms with Crippen LogP contribution in [0.4, 0.5) is 14.5 Å². The highest BCUT2D eigenvalue weighted by atomic mass is 35.5. The van der Waals surface area contributed by atoms with E-state index in [-0.39, 0.29) is 23.1 Å². The number of amides is 1. The minimum Gasteiger partial charge on any atom is -0.433 e. The Bertz CT molecular complexity index is 765. The van der Waals surface area contributed by atoms with Gasteiger partial charge < -0.3 is 10.1 Å². The molecule has 1 aliphatic carbocycles. The van der Waals surface area contributed by atoms with Gasteiger partial charge in [0.25, 0.3) is 0 Å². The van der Waals surface area contributed by atoms with Crippen molar-refractivity contribution < 1.29 is 18.3 Å². The number of halogens is 3. The molecular formula is C18H16ClF2NO2. The molecule has 3 rings (SSSR count). The first-order valence-electron chi connectivity index (χ1n) is 7.66. The van der Waals surface area contributed by atoms with E-state index in [4.69, 9.17) is 11.6 Å². The summed E-state index contributed by atoms with van der Waals surface area (Å²) in [6.45, 7) is -2.94. The van der Waals surface area contributed by atoms with Crippen LogP contribution < -0.4 is 10.1 Å². The Morgan fingerprint density at radius 2 is 1.96 bits per heavy atom. The molecule has 0 atom stereocenters. The van der Waals surface area contributed by atoms with Crippen molar-refractivity contribution in [1.82, 2.24) is 0 Å². The van der Waals surface area contributed by atoms with Gasteiger partial charge in [0.15, 0.2) is 0 Å². The fourth-order valence-corrected chi connectivity index (χ4v) is 3.12. The van der Waals surface area contributed by atoms with Crippen molar-refractivity contribution in [3.63, 3.8) is 0 Å². The summed E-state index contributed by atoms with van der Waals surface area (Å²) >= 11 is 5.87. The van der Waals surface area contributed by atoms with Gasteiger partial charge in [0.05, 0.1) is 11.4 Å². The number of rotatable bonds is 5. The van der Waals surface area contributed by atoms with Gasteiger partial charge in [0, 0.05) is 5.69 Å². The van der Waals surface area contributed by atoms with Crippen LogP contribution in [-0.2, 0) is 24.1 Å². The fraction of sp³-hybridized carbons (Fsp3) is 0.278. The number of hydrogen-bond acceptors (Lipinski definition) is 2. The Kier molecular flexibility index (Phi) is 5.00. The first kappa shape index (κ1) is 16.7.